The molecule has 0 atom stereocenters. The molecule has 15 heavy (non-hydrogen) atoms. The van der Waals surface area contributed by atoms with E-state index in [1.54, 1.807) is 0 Å². The van der Waals surface area contributed by atoms with Crippen molar-refractivity contribution in [2.45, 2.75) is 19.8 Å². The van der Waals surface area contributed by atoms with Gasteiger partial charge >= 0.3 is 6.01 Å². The summed E-state index contributed by atoms with van der Waals surface area (Å²) in [5.41, 5.74) is 5.59. The summed E-state index contributed by atoms with van der Waals surface area (Å²) in [5.74, 6) is 0.846. The zero-order valence-electron chi connectivity index (χ0n) is 8.81. The Morgan fingerprint density at radius 1 is 1.27 bits per heavy atom. The van der Waals surface area contributed by atoms with Crippen LogP contribution in [0.1, 0.15) is 19.8 Å². The van der Waals surface area contributed by atoms with Crippen LogP contribution >= 0.6 is 0 Å². The molecule has 2 N–H and O–H groups in total. The zero-order valence-corrected chi connectivity index (χ0v) is 8.81. The maximum Gasteiger partial charge on any atom is 0.323 e. The summed E-state index contributed by atoms with van der Waals surface area (Å²) >= 11 is 0. The average molecular weight is 209 g/mol. The Kier molecular flexibility index (Phi) is 2.84. The first-order chi connectivity index (χ1) is 7.29. The molecule has 1 saturated heterocycles. The summed E-state index contributed by atoms with van der Waals surface area (Å²) in [4.78, 5) is 14.3. The number of nitrogens with zero attached hydrogens (tertiary/aromatic N) is 4. The smallest absolute Gasteiger partial charge is 0.323 e. The van der Waals surface area contributed by atoms with E-state index in [0.29, 0.717) is 18.6 Å². The van der Waals surface area contributed by atoms with E-state index in [1.165, 1.54) is 12.8 Å². The van der Waals surface area contributed by atoms with Crippen LogP contribution in [0.15, 0.2) is 0 Å². The predicted octanol–water partition coefficient (Wildman–Crippen LogP) is 0.453. The molecule has 1 aliphatic heterocycles. The van der Waals surface area contributed by atoms with E-state index in [2.05, 4.69) is 19.9 Å². The van der Waals surface area contributed by atoms with Crippen molar-refractivity contribution in [1.29, 1.82) is 0 Å². The number of nitrogens with two attached hydrogens (primary N) is 1. The monoisotopic (exact) mass is 209 g/mol. The van der Waals surface area contributed by atoms with Crippen LogP contribution in [0.2, 0.25) is 0 Å². The summed E-state index contributed by atoms with van der Waals surface area (Å²) in [5, 5.41) is 0. The first-order valence-corrected chi connectivity index (χ1v) is 5.19. The fourth-order valence-electron chi connectivity index (χ4n) is 1.61. The third-order valence-electron chi connectivity index (χ3n) is 2.28. The Morgan fingerprint density at radius 3 is 2.67 bits per heavy atom. The lowest BCUT2D eigenvalue weighted by molar-refractivity contribution is 0.312. The van der Waals surface area contributed by atoms with Crippen molar-refractivity contribution in [1.82, 2.24) is 15.0 Å². The summed E-state index contributed by atoms with van der Waals surface area (Å²) in [6.45, 7) is 4.38. The second kappa shape index (κ2) is 4.29. The van der Waals surface area contributed by atoms with E-state index in [1.807, 2.05) is 6.92 Å². The van der Waals surface area contributed by atoms with E-state index in [4.69, 9.17) is 10.5 Å². The fourth-order valence-corrected chi connectivity index (χ4v) is 1.61. The highest BCUT2D eigenvalue weighted by Gasteiger charge is 2.16. The molecular formula is C9H15N5O. The first-order valence-electron chi connectivity index (χ1n) is 5.19. The van der Waals surface area contributed by atoms with Gasteiger partial charge in [-0.1, -0.05) is 0 Å². The maximum absolute atomic E-state index is 5.59. The van der Waals surface area contributed by atoms with Gasteiger partial charge < -0.3 is 15.4 Å². The Bertz CT molecular complexity index is 337. The van der Waals surface area contributed by atoms with E-state index in [0.717, 1.165) is 13.1 Å². The zero-order chi connectivity index (χ0) is 10.7. The normalized spacial score (nSPS) is 15.7. The number of hydrogen-bond donors (Lipinski definition) is 1. The molecule has 0 spiro atoms. The Morgan fingerprint density at radius 2 is 2.00 bits per heavy atom. The van der Waals surface area contributed by atoms with Gasteiger partial charge in [-0.25, -0.2) is 0 Å². The molecule has 0 aliphatic carbocycles. The molecule has 0 saturated carbocycles. The molecular weight excluding hydrogens is 194 g/mol. The first kappa shape index (κ1) is 9.95. The molecule has 0 bridgehead atoms. The molecule has 0 radical (unpaired) electrons. The lowest BCUT2D eigenvalue weighted by atomic mass is 10.4. The second-order valence-corrected chi connectivity index (χ2v) is 3.40. The molecule has 2 rings (SSSR count). The van der Waals surface area contributed by atoms with Gasteiger partial charge in [-0.3, -0.25) is 0 Å². The number of rotatable bonds is 3. The van der Waals surface area contributed by atoms with E-state index in [9.17, 15) is 0 Å². The van der Waals surface area contributed by atoms with Crippen molar-refractivity contribution in [3.05, 3.63) is 0 Å². The number of hydrogen-bond acceptors (Lipinski definition) is 6. The summed E-state index contributed by atoms with van der Waals surface area (Å²) in [6, 6.07) is 0.312. The van der Waals surface area contributed by atoms with Crippen LogP contribution < -0.4 is 15.4 Å². The van der Waals surface area contributed by atoms with Crippen molar-refractivity contribution in [2.75, 3.05) is 30.3 Å². The van der Waals surface area contributed by atoms with Gasteiger partial charge in [0.1, 0.15) is 0 Å². The third-order valence-corrected chi connectivity index (χ3v) is 2.28. The van der Waals surface area contributed by atoms with Gasteiger partial charge in [-0.2, -0.15) is 15.0 Å². The van der Waals surface area contributed by atoms with Gasteiger partial charge in [-0.15, -0.1) is 0 Å². The van der Waals surface area contributed by atoms with E-state index in [-0.39, 0.29) is 5.95 Å². The van der Waals surface area contributed by atoms with E-state index < -0.39 is 0 Å². The second-order valence-electron chi connectivity index (χ2n) is 3.40. The molecule has 0 unspecified atom stereocenters. The van der Waals surface area contributed by atoms with Crippen molar-refractivity contribution < 1.29 is 4.74 Å². The number of ether oxygens (including phenoxy) is 1. The van der Waals surface area contributed by atoms with Gasteiger partial charge in [0.2, 0.25) is 11.9 Å². The topological polar surface area (TPSA) is 77.2 Å². The molecule has 82 valence electrons. The van der Waals surface area contributed by atoms with Gasteiger partial charge in [0.25, 0.3) is 0 Å². The maximum atomic E-state index is 5.59. The number of aromatic nitrogens is 3. The Labute approximate surface area is 88.5 Å². The van der Waals surface area contributed by atoms with Crippen molar-refractivity contribution in [3.8, 4) is 6.01 Å². The van der Waals surface area contributed by atoms with Gasteiger partial charge in [-0.05, 0) is 19.8 Å². The van der Waals surface area contributed by atoms with E-state index >= 15 is 0 Å². The van der Waals surface area contributed by atoms with Gasteiger partial charge in [0, 0.05) is 13.1 Å². The van der Waals surface area contributed by atoms with Crippen LogP contribution in [0.25, 0.3) is 0 Å². The van der Waals surface area contributed by atoms with Crippen molar-refractivity contribution in [3.63, 3.8) is 0 Å². The minimum absolute atomic E-state index is 0.218. The largest absolute Gasteiger partial charge is 0.464 e. The number of anilines is 2. The Balaban J connectivity index is 2.22. The molecule has 0 amide bonds. The molecule has 2 heterocycles. The molecule has 1 fully saturated rings. The summed E-state index contributed by atoms with van der Waals surface area (Å²) < 4.78 is 5.22. The highest BCUT2D eigenvalue weighted by atomic mass is 16.5. The van der Waals surface area contributed by atoms with Crippen LogP contribution in [0.3, 0.4) is 0 Å². The van der Waals surface area contributed by atoms with Crippen LogP contribution in [0, 0.1) is 0 Å². The predicted molar refractivity (Wildman–Crippen MR) is 56.9 cm³/mol. The fraction of sp³-hybridized carbons (Fsp3) is 0.667. The van der Waals surface area contributed by atoms with Crippen LogP contribution in [0.5, 0.6) is 6.01 Å². The standard InChI is InChI=1S/C9H15N5O/c1-2-15-9-12-7(10)11-8(13-9)14-5-3-4-6-14/h2-6H2,1H3,(H2,10,11,12,13). The summed E-state index contributed by atoms with van der Waals surface area (Å²) in [7, 11) is 0. The van der Waals surface area contributed by atoms with Crippen LogP contribution in [0.4, 0.5) is 11.9 Å². The average Bonchev–Trinajstić information content (AvgIpc) is 2.70. The highest BCUT2D eigenvalue weighted by Crippen LogP contribution is 2.18. The summed E-state index contributed by atoms with van der Waals surface area (Å²) in [6.07, 6.45) is 2.35. The molecule has 0 aromatic carbocycles. The SMILES string of the molecule is CCOc1nc(N)nc(N2CCCC2)n1. The molecule has 1 aliphatic rings. The Hall–Kier alpha value is -1.59. The molecule has 6 nitrogen and oxygen atoms in total. The van der Waals surface area contributed by atoms with Crippen LogP contribution in [-0.2, 0) is 0 Å². The third kappa shape index (κ3) is 2.26. The van der Waals surface area contributed by atoms with Crippen LogP contribution in [-0.4, -0.2) is 34.6 Å². The minimum atomic E-state index is 0.218. The van der Waals surface area contributed by atoms with Crippen molar-refractivity contribution in [2.24, 2.45) is 0 Å². The lowest BCUT2D eigenvalue weighted by Gasteiger charge is -2.15. The lowest BCUT2D eigenvalue weighted by Crippen LogP contribution is -2.21. The quantitative estimate of drug-likeness (QED) is 0.779. The number of nitrogen functional groups attached to an aromatic ring is 1. The van der Waals surface area contributed by atoms with Crippen molar-refractivity contribution >= 4 is 11.9 Å². The minimum Gasteiger partial charge on any atom is -0.464 e. The molecule has 6 heteroatoms. The molecule has 1 aromatic heterocycles. The molecule has 1 aromatic rings. The van der Waals surface area contributed by atoms with Gasteiger partial charge in [0.15, 0.2) is 0 Å². The highest BCUT2D eigenvalue weighted by molar-refractivity contribution is 5.36. The van der Waals surface area contributed by atoms with Gasteiger partial charge in [0.05, 0.1) is 6.61 Å².